The summed E-state index contributed by atoms with van der Waals surface area (Å²) in [7, 11) is 0. The van der Waals surface area contributed by atoms with Crippen molar-refractivity contribution in [1.82, 2.24) is 0 Å². The SMILES string of the molecule is CCC(C)C1COC1. The number of rotatable bonds is 2. The van der Waals surface area contributed by atoms with Gasteiger partial charge in [0.05, 0.1) is 13.2 Å². The van der Waals surface area contributed by atoms with Gasteiger partial charge < -0.3 is 4.74 Å². The van der Waals surface area contributed by atoms with Crippen LogP contribution in [0.3, 0.4) is 0 Å². The second-order valence-electron chi connectivity index (χ2n) is 2.68. The monoisotopic (exact) mass is 114 g/mol. The lowest BCUT2D eigenvalue weighted by Crippen LogP contribution is -2.32. The summed E-state index contributed by atoms with van der Waals surface area (Å²) >= 11 is 0. The lowest BCUT2D eigenvalue weighted by atomic mass is 9.91. The Morgan fingerprint density at radius 3 is 2.38 bits per heavy atom. The van der Waals surface area contributed by atoms with Gasteiger partial charge in [-0.2, -0.15) is 0 Å². The maximum atomic E-state index is 5.06. The Bertz CT molecular complexity index is 64.0. The van der Waals surface area contributed by atoms with Crippen LogP contribution in [0.5, 0.6) is 0 Å². The van der Waals surface area contributed by atoms with Crippen molar-refractivity contribution in [3.63, 3.8) is 0 Å². The lowest BCUT2D eigenvalue weighted by Gasteiger charge is -2.30. The molecule has 0 aromatic rings. The minimum Gasteiger partial charge on any atom is -0.381 e. The molecule has 1 atom stereocenters. The molecule has 1 saturated heterocycles. The third kappa shape index (κ3) is 1.03. The predicted octanol–water partition coefficient (Wildman–Crippen LogP) is 1.68. The van der Waals surface area contributed by atoms with E-state index in [1.54, 1.807) is 0 Å². The predicted molar refractivity (Wildman–Crippen MR) is 33.8 cm³/mol. The van der Waals surface area contributed by atoms with Crippen LogP contribution in [0.1, 0.15) is 20.3 Å². The third-order valence-corrected chi connectivity index (χ3v) is 2.11. The first-order chi connectivity index (χ1) is 3.84. The van der Waals surface area contributed by atoms with Gasteiger partial charge >= 0.3 is 0 Å². The molecule has 0 aromatic carbocycles. The van der Waals surface area contributed by atoms with Crippen molar-refractivity contribution in [1.29, 1.82) is 0 Å². The molecule has 0 spiro atoms. The Kier molecular flexibility index (Phi) is 1.90. The second kappa shape index (κ2) is 2.49. The van der Waals surface area contributed by atoms with E-state index in [0.29, 0.717) is 0 Å². The molecule has 1 aliphatic heterocycles. The van der Waals surface area contributed by atoms with E-state index in [0.717, 1.165) is 25.0 Å². The molecule has 1 fully saturated rings. The van der Waals surface area contributed by atoms with Crippen LogP contribution >= 0.6 is 0 Å². The maximum Gasteiger partial charge on any atom is 0.0519 e. The van der Waals surface area contributed by atoms with Crippen molar-refractivity contribution in [3.05, 3.63) is 0 Å². The quantitative estimate of drug-likeness (QED) is 0.530. The van der Waals surface area contributed by atoms with Crippen molar-refractivity contribution in [2.24, 2.45) is 11.8 Å². The summed E-state index contributed by atoms with van der Waals surface area (Å²) in [5.74, 6) is 1.75. The fourth-order valence-corrected chi connectivity index (χ4v) is 0.916. The zero-order valence-electron chi connectivity index (χ0n) is 5.68. The molecule has 1 heteroatoms. The number of hydrogen-bond donors (Lipinski definition) is 0. The van der Waals surface area contributed by atoms with Crippen LogP contribution in [0.25, 0.3) is 0 Å². The van der Waals surface area contributed by atoms with Crippen molar-refractivity contribution in [2.75, 3.05) is 13.2 Å². The second-order valence-corrected chi connectivity index (χ2v) is 2.68. The Labute approximate surface area is 51.0 Å². The Morgan fingerprint density at radius 1 is 1.62 bits per heavy atom. The molecule has 1 aliphatic rings. The molecule has 0 radical (unpaired) electrons. The highest BCUT2D eigenvalue weighted by Crippen LogP contribution is 2.22. The zero-order chi connectivity index (χ0) is 5.98. The summed E-state index contributed by atoms with van der Waals surface area (Å²) in [6, 6.07) is 0. The fourth-order valence-electron chi connectivity index (χ4n) is 0.916. The summed E-state index contributed by atoms with van der Waals surface area (Å²) < 4.78 is 5.06. The topological polar surface area (TPSA) is 9.23 Å². The Hall–Kier alpha value is -0.0400. The third-order valence-electron chi connectivity index (χ3n) is 2.11. The van der Waals surface area contributed by atoms with Crippen molar-refractivity contribution in [3.8, 4) is 0 Å². The average molecular weight is 114 g/mol. The van der Waals surface area contributed by atoms with E-state index in [-0.39, 0.29) is 0 Å². The first-order valence-corrected chi connectivity index (χ1v) is 3.42. The highest BCUT2D eigenvalue weighted by Gasteiger charge is 2.22. The van der Waals surface area contributed by atoms with Crippen LogP contribution in [0, 0.1) is 11.8 Å². The van der Waals surface area contributed by atoms with Crippen LogP contribution in [-0.2, 0) is 4.74 Å². The van der Waals surface area contributed by atoms with E-state index < -0.39 is 0 Å². The first kappa shape index (κ1) is 6.09. The Morgan fingerprint density at radius 2 is 2.25 bits per heavy atom. The average Bonchev–Trinajstić information content (AvgIpc) is 1.62. The molecule has 0 aromatic heterocycles. The molecule has 0 N–H and O–H groups in total. The van der Waals surface area contributed by atoms with Gasteiger partial charge in [-0.25, -0.2) is 0 Å². The first-order valence-electron chi connectivity index (χ1n) is 3.42. The minimum absolute atomic E-state index is 0.875. The maximum absolute atomic E-state index is 5.06. The van der Waals surface area contributed by atoms with Crippen LogP contribution < -0.4 is 0 Å². The molecule has 0 bridgehead atoms. The van der Waals surface area contributed by atoms with Gasteiger partial charge in [0.2, 0.25) is 0 Å². The molecule has 1 heterocycles. The largest absolute Gasteiger partial charge is 0.381 e. The highest BCUT2D eigenvalue weighted by molar-refractivity contribution is 4.70. The molecule has 1 unspecified atom stereocenters. The molecule has 0 aliphatic carbocycles. The van der Waals surface area contributed by atoms with Gasteiger partial charge in [0.15, 0.2) is 0 Å². The van der Waals surface area contributed by atoms with Crippen LogP contribution in [0.4, 0.5) is 0 Å². The smallest absolute Gasteiger partial charge is 0.0519 e. The fraction of sp³-hybridized carbons (Fsp3) is 1.00. The molecule has 0 saturated carbocycles. The van der Waals surface area contributed by atoms with Gasteiger partial charge in [0.25, 0.3) is 0 Å². The molecule has 0 amide bonds. The highest BCUT2D eigenvalue weighted by atomic mass is 16.5. The molecule has 48 valence electrons. The summed E-state index contributed by atoms with van der Waals surface area (Å²) in [5.41, 5.74) is 0. The van der Waals surface area contributed by atoms with E-state index in [9.17, 15) is 0 Å². The molecule has 1 rings (SSSR count). The summed E-state index contributed by atoms with van der Waals surface area (Å²) in [4.78, 5) is 0. The molecule has 8 heavy (non-hydrogen) atoms. The minimum atomic E-state index is 0.875. The van der Waals surface area contributed by atoms with Crippen molar-refractivity contribution < 1.29 is 4.74 Å². The number of ether oxygens (including phenoxy) is 1. The summed E-state index contributed by atoms with van der Waals surface area (Å²) in [6.07, 6.45) is 1.30. The van der Waals surface area contributed by atoms with Crippen molar-refractivity contribution in [2.45, 2.75) is 20.3 Å². The van der Waals surface area contributed by atoms with Gasteiger partial charge in [-0.3, -0.25) is 0 Å². The van der Waals surface area contributed by atoms with E-state index in [4.69, 9.17) is 4.74 Å². The van der Waals surface area contributed by atoms with E-state index in [1.165, 1.54) is 6.42 Å². The molecule has 1 nitrogen and oxygen atoms in total. The zero-order valence-corrected chi connectivity index (χ0v) is 5.68. The van der Waals surface area contributed by atoms with E-state index >= 15 is 0 Å². The van der Waals surface area contributed by atoms with Crippen LogP contribution in [-0.4, -0.2) is 13.2 Å². The van der Waals surface area contributed by atoms with Crippen molar-refractivity contribution >= 4 is 0 Å². The normalized spacial score (nSPS) is 24.8. The van der Waals surface area contributed by atoms with Crippen LogP contribution in [0.15, 0.2) is 0 Å². The summed E-state index contributed by atoms with van der Waals surface area (Å²) in [5, 5.41) is 0. The van der Waals surface area contributed by atoms with Gasteiger partial charge in [0, 0.05) is 5.92 Å². The number of hydrogen-bond acceptors (Lipinski definition) is 1. The lowest BCUT2D eigenvalue weighted by molar-refractivity contribution is -0.0575. The van der Waals surface area contributed by atoms with Gasteiger partial charge in [-0.1, -0.05) is 20.3 Å². The Balaban J connectivity index is 2.13. The van der Waals surface area contributed by atoms with E-state index in [2.05, 4.69) is 13.8 Å². The van der Waals surface area contributed by atoms with Gasteiger partial charge in [0.1, 0.15) is 0 Å². The van der Waals surface area contributed by atoms with E-state index in [1.807, 2.05) is 0 Å². The molecular weight excluding hydrogens is 100 g/mol. The van der Waals surface area contributed by atoms with Crippen LogP contribution in [0.2, 0.25) is 0 Å². The summed E-state index contributed by atoms with van der Waals surface area (Å²) in [6.45, 7) is 6.56. The van der Waals surface area contributed by atoms with Gasteiger partial charge in [-0.15, -0.1) is 0 Å². The standard InChI is InChI=1S/C7H14O/c1-3-6(2)7-4-8-5-7/h6-7H,3-5H2,1-2H3. The van der Waals surface area contributed by atoms with Gasteiger partial charge in [-0.05, 0) is 5.92 Å². The molecular formula is C7H14O.